The minimum absolute atomic E-state index is 0.264. The van der Waals surface area contributed by atoms with E-state index in [4.69, 9.17) is 9.47 Å². The fourth-order valence-corrected chi connectivity index (χ4v) is 1.78. The summed E-state index contributed by atoms with van der Waals surface area (Å²) >= 11 is 0. The van der Waals surface area contributed by atoms with Gasteiger partial charge in [0.05, 0.1) is 12.3 Å². The molecule has 0 atom stereocenters. The Bertz CT molecular complexity index is 653. The Balaban J connectivity index is 1.99. The minimum Gasteiger partial charge on any atom is -0.452 e. The van der Waals surface area contributed by atoms with Crippen molar-refractivity contribution < 1.29 is 19.1 Å². The maximum absolute atomic E-state index is 12.1. The van der Waals surface area contributed by atoms with Crippen molar-refractivity contribution >= 4 is 17.5 Å². The second kappa shape index (κ2) is 6.80. The van der Waals surface area contributed by atoms with Gasteiger partial charge in [0.25, 0.3) is 5.91 Å². The van der Waals surface area contributed by atoms with E-state index in [2.05, 4.69) is 15.4 Å². The average molecular weight is 292 g/mol. The molecule has 0 saturated heterocycles. The van der Waals surface area contributed by atoms with Gasteiger partial charge in [-0.3, -0.25) is 4.79 Å². The lowest BCUT2D eigenvalue weighted by Crippen LogP contribution is -2.31. The monoisotopic (exact) mass is 292 g/mol. The van der Waals surface area contributed by atoms with Gasteiger partial charge in [0.1, 0.15) is 5.56 Å². The fourth-order valence-electron chi connectivity index (χ4n) is 1.78. The summed E-state index contributed by atoms with van der Waals surface area (Å²) in [6, 6.07) is 1.71. The summed E-state index contributed by atoms with van der Waals surface area (Å²) in [5.74, 6) is -1.01. The first-order valence-electron chi connectivity index (χ1n) is 6.36. The van der Waals surface area contributed by atoms with Crippen molar-refractivity contribution in [2.24, 2.45) is 0 Å². The van der Waals surface area contributed by atoms with Crippen molar-refractivity contribution in [2.75, 3.05) is 26.9 Å². The molecule has 0 bridgehead atoms. The van der Waals surface area contributed by atoms with Crippen LogP contribution in [0.4, 0.5) is 0 Å². The zero-order valence-electron chi connectivity index (χ0n) is 11.8. The summed E-state index contributed by atoms with van der Waals surface area (Å²) < 4.78 is 11.3. The summed E-state index contributed by atoms with van der Waals surface area (Å²) in [7, 11) is 1.53. The SMILES string of the molecule is COCCNC(=O)COC(=O)c1c(C)nn2cccnc12. The van der Waals surface area contributed by atoms with E-state index in [0.717, 1.165) is 0 Å². The van der Waals surface area contributed by atoms with E-state index in [1.165, 1.54) is 11.6 Å². The molecule has 0 aliphatic carbocycles. The van der Waals surface area contributed by atoms with Crippen LogP contribution in [0.5, 0.6) is 0 Å². The molecule has 0 aliphatic rings. The summed E-state index contributed by atoms with van der Waals surface area (Å²) in [6.45, 7) is 2.09. The van der Waals surface area contributed by atoms with Gasteiger partial charge in [-0.15, -0.1) is 0 Å². The van der Waals surface area contributed by atoms with Crippen LogP contribution in [0.2, 0.25) is 0 Å². The van der Waals surface area contributed by atoms with E-state index in [-0.39, 0.29) is 18.1 Å². The molecule has 8 nitrogen and oxygen atoms in total. The second-order valence-corrected chi connectivity index (χ2v) is 4.27. The minimum atomic E-state index is -0.622. The molecule has 0 aliphatic heterocycles. The molecule has 0 unspecified atom stereocenters. The molecule has 1 N–H and O–H groups in total. The number of hydrogen-bond donors (Lipinski definition) is 1. The predicted octanol–water partition coefficient (Wildman–Crippen LogP) is -0.0429. The van der Waals surface area contributed by atoms with Crippen molar-refractivity contribution in [3.05, 3.63) is 29.7 Å². The van der Waals surface area contributed by atoms with Gasteiger partial charge in [-0.1, -0.05) is 0 Å². The van der Waals surface area contributed by atoms with Crippen LogP contribution in [-0.2, 0) is 14.3 Å². The number of nitrogens with zero attached hydrogens (tertiary/aromatic N) is 3. The Morgan fingerprint density at radius 1 is 1.43 bits per heavy atom. The summed E-state index contributed by atoms with van der Waals surface area (Å²) in [5, 5.41) is 6.72. The van der Waals surface area contributed by atoms with E-state index in [1.807, 2.05) is 0 Å². The molecule has 0 aromatic carbocycles. The molecule has 0 radical (unpaired) electrons. The first-order chi connectivity index (χ1) is 10.1. The van der Waals surface area contributed by atoms with Crippen molar-refractivity contribution in [1.82, 2.24) is 19.9 Å². The summed E-state index contributed by atoms with van der Waals surface area (Å²) in [4.78, 5) is 27.6. The first-order valence-corrected chi connectivity index (χ1v) is 6.36. The third-order valence-electron chi connectivity index (χ3n) is 2.74. The van der Waals surface area contributed by atoms with Crippen LogP contribution >= 0.6 is 0 Å². The highest BCUT2D eigenvalue weighted by molar-refractivity contribution is 5.98. The Morgan fingerprint density at radius 2 is 2.24 bits per heavy atom. The maximum Gasteiger partial charge on any atom is 0.344 e. The van der Waals surface area contributed by atoms with E-state index < -0.39 is 5.97 Å². The van der Waals surface area contributed by atoms with Gasteiger partial charge in [-0.25, -0.2) is 14.3 Å². The molecule has 0 spiro atoms. The van der Waals surface area contributed by atoms with Crippen molar-refractivity contribution in [1.29, 1.82) is 0 Å². The molecule has 112 valence electrons. The number of amides is 1. The number of fused-ring (bicyclic) bond motifs is 1. The van der Waals surface area contributed by atoms with Crippen LogP contribution in [0.25, 0.3) is 5.65 Å². The highest BCUT2D eigenvalue weighted by Gasteiger charge is 2.20. The van der Waals surface area contributed by atoms with Crippen LogP contribution in [0.1, 0.15) is 16.1 Å². The Labute approximate surface area is 121 Å². The molecule has 21 heavy (non-hydrogen) atoms. The number of aryl methyl sites for hydroxylation is 1. The molecular weight excluding hydrogens is 276 g/mol. The Kier molecular flexibility index (Phi) is 4.83. The smallest absolute Gasteiger partial charge is 0.344 e. The van der Waals surface area contributed by atoms with Crippen molar-refractivity contribution in [2.45, 2.75) is 6.92 Å². The third kappa shape index (κ3) is 3.54. The molecule has 2 rings (SSSR count). The maximum atomic E-state index is 12.1. The van der Waals surface area contributed by atoms with Crippen LogP contribution in [0.3, 0.4) is 0 Å². The number of rotatable bonds is 6. The number of ether oxygens (including phenoxy) is 2. The number of aromatic nitrogens is 3. The topological polar surface area (TPSA) is 94.8 Å². The molecule has 0 saturated carbocycles. The zero-order chi connectivity index (χ0) is 15.2. The van der Waals surface area contributed by atoms with Crippen LogP contribution in [0.15, 0.2) is 18.5 Å². The van der Waals surface area contributed by atoms with E-state index in [9.17, 15) is 9.59 Å². The summed E-state index contributed by atoms with van der Waals surface area (Å²) in [6.07, 6.45) is 3.24. The molecule has 2 aromatic heterocycles. The first kappa shape index (κ1) is 14.9. The summed E-state index contributed by atoms with van der Waals surface area (Å²) in [5.41, 5.74) is 1.17. The predicted molar refractivity (Wildman–Crippen MR) is 72.9 cm³/mol. The van der Waals surface area contributed by atoms with Gasteiger partial charge in [0.2, 0.25) is 0 Å². The van der Waals surface area contributed by atoms with Gasteiger partial charge in [-0.2, -0.15) is 5.10 Å². The lowest BCUT2D eigenvalue weighted by Gasteiger charge is -2.05. The zero-order valence-corrected chi connectivity index (χ0v) is 11.8. The lowest BCUT2D eigenvalue weighted by atomic mass is 10.2. The molecule has 2 aromatic rings. The fraction of sp³-hybridized carbons (Fsp3) is 0.385. The van der Waals surface area contributed by atoms with Gasteiger partial charge in [0, 0.05) is 26.0 Å². The highest BCUT2D eigenvalue weighted by Crippen LogP contribution is 2.13. The molecule has 8 heteroatoms. The van der Waals surface area contributed by atoms with E-state index in [1.54, 1.807) is 25.4 Å². The van der Waals surface area contributed by atoms with Gasteiger partial charge < -0.3 is 14.8 Å². The lowest BCUT2D eigenvalue weighted by molar-refractivity contribution is -0.124. The number of esters is 1. The number of hydrogen-bond acceptors (Lipinski definition) is 6. The van der Waals surface area contributed by atoms with E-state index >= 15 is 0 Å². The molecule has 1 amide bonds. The normalized spacial score (nSPS) is 10.6. The Hall–Kier alpha value is -2.48. The number of carbonyl (C=O) groups is 2. The number of nitrogens with one attached hydrogen (secondary N) is 1. The Morgan fingerprint density at radius 3 is 3.00 bits per heavy atom. The molecule has 0 fully saturated rings. The van der Waals surface area contributed by atoms with E-state index in [0.29, 0.717) is 24.5 Å². The van der Waals surface area contributed by atoms with Gasteiger partial charge >= 0.3 is 5.97 Å². The van der Waals surface area contributed by atoms with Crippen molar-refractivity contribution in [3.8, 4) is 0 Å². The number of carbonyl (C=O) groups excluding carboxylic acids is 2. The van der Waals surface area contributed by atoms with Crippen molar-refractivity contribution in [3.63, 3.8) is 0 Å². The molecule has 2 heterocycles. The van der Waals surface area contributed by atoms with Crippen LogP contribution in [-0.4, -0.2) is 53.3 Å². The largest absolute Gasteiger partial charge is 0.452 e. The van der Waals surface area contributed by atoms with Crippen LogP contribution < -0.4 is 5.32 Å². The highest BCUT2D eigenvalue weighted by atomic mass is 16.5. The van der Waals surface area contributed by atoms with Crippen LogP contribution in [0, 0.1) is 6.92 Å². The van der Waals surface area contributed by atoms with Gasteiger partial charge in [-0.05, 0) is 13.0 Å². The van der Waals surface area contributed by atoms with Gasteiger partial charge in [0.15, 0.2) is 12.3 Å². The quantitative estimate of drug-likeness (QED) is 0.593. The standard InChI is InChI=1S/C13H16N4O4/c1-9-11(12-15-4-3-6-17(12)16-9)13(19)21-8-10(18)14-5-7-20-2/h3-4,6H,5,7-8H2,1-2H3,(H,14,18). The number of methoxy groups -OCH3 is 1. The second-order valence-electron chi connectivity index (χ2n) is 4.27. The third-order valence-corrected chi connectivity index (χ3v) is 2.74. The molecular formula is C13H16N4O4. The average Bonchev–Trinajstić information content (AvgIpc) is 2.81.